The quantitative estimate of drug-likeness (QED) is 0.872. The molecule has 6 heteroatoms. The first kappa shape index (κ1) is 12.6. The van der Waals surface area contributed by atoms with E-state index < -0.39 is 5.54 Å². The monoisotopic (exact) mass is 249 g/mol. The predicted octanol–water partition coefficient (Wildman–Crippen LogP) is 0.852. The molecule has 2 rings (SSSR count). The van der Waals surface area contributed by atoms with Crippen molar-refractivity contribution >= 4 is 0 Å². The molecule has 1 unspecified atom stereocenters. The van der Waals surface area contributed by atoms with Crippen LogP contribution in [0.4, 0.5) is 4.39 Å². The summed E-state index contributed by atoms with van der Waals surface area (Å²) in [6.45, 7) is 1.90. The van der Waals surface area contributed by atoms with E-state index in [4.69, 9.17) is 5.73 Å². The number of aryl methyl sites for hydroxylation is 1. The second kappa shape index (κ2) is 4.81. The summed E-state index contributed by atoms with van der Waals surface area (Å²) in [5, 5.41) is 11.8. The van der Waals surface area contributed by atoms with Gasteiger partial charge in [0.2, 0.25) is 0 Å². The van der Waals surface area contributed by atoms with Crippen LogP contribution in [0, 0.1) is 5.82 Å². The zero-order valence-electron chi connectivity index (χ0n) is 10.5. The van der Waals surface area contributed by atoms with Crippen LogP contribution in [0.1, 0.15) is 18.3 Å². The maximum absolute atomic E-state index is 13.1. The van der Waals surface area contributed by atoms with Crippen LogP contribution >= 0.6 is 0 Å². The molecule has 0 spiro atoms. The molecular formula is C12H16FN5. The summed E-state index contributed by atoms with van der Waals surface area (Å²) in [4.78, 5) is 1.40. The predicted molar refractivity (Wildman–Crippen MR) is 65.2 cm³/mol. The van der Waals surface area contributed by atoms with Gasteiger partial charge in [-0.05, 0) is 36.3 Å². The zero-order valence-corrected chi connectivity index (χ0v) is 10.5. The third-order valence-corrected chi connectivity index (χ3v) is 2.61. The average molecular weight is 249 g/mol. The number of hydrogen-bond acceptors (Lipinski definition) is 4. The Hall–Kier alpha value is -1.82. The van der Waals surface area contributed by atoms with Crippen LogP contribution in [0.5, 0.6) is 0 Å². The fourth-order valence-electron chi connectivity index (χ4n) is 1.93. The van der Waals surface area contributed by atoms with E-state index in [9.17, 15) is 4.39 Å². The molecule has 0 fully saturated rings. The topological polar surface area (TPSA) is 69.6 Å². The highest BCUT2D eigenvalue weighted by molar-refractivity contribution is 5.19. The van der Waals surface area contributed by atoms with Crippen molar-refractivity contribution in [2.45, 2.75) is 25.3 Å². The second-order valence-electron chi connectivity index (χ2n) is 4.83. The lowest BCUT2D eigenvalue weighted by molar-refractivity contribution is 0.449. The SMILES string of the molecule is Cn1nnc(CC(C)(N)Cc2cccc(F)c2)n1. The zero-order chi connectivity index (χ0) is 13.2. The van der Waals surface area contributed by atoms with Crippen molar-refractivity contribution in [3.63, 3.8) is 0 Å². The minimum atomic E-state index is -0.531. The third-order valence-electron chi connectivity index (χ3n) is 2.61. The van der Waals surface area contributed by atoms with E-state index in [-0.39, 0.29) is 5.82 Å². The van der Waals surface area contributed by atoms with E-state index in [0.717, 1.165) is 5.56 Å². The molecule has 0 saturated carbocycles. The molecule has 0 aliphatic rings. The van der Waals surface area contributed by atoms with Crippen LogP contribution < -0.4 is 5.73 Å². The molecule has 0 saturated heterocycles. The maximum Gasteiger partial charge on any atom is 0.176 e. The number of nitrogens with zero attached hydrogens (tertiary/aromatic N) is 4. The highest BCUT2D eigenvalue weighted by atomic mass is 19.1. The van der Waals surface area contributed by atoms with Gasteiger partial charge in [-0.3, -0.25) is 0 Å². The first-order valence-electron chi connectivity index (χ1n) is 5.71. The van der Waals surface area contributed by atoms with Crippen molar-refractivity contribution in [3.05, 3.63) is 41.5 Å². The molecule has 0 aliphatic carbocycles. The largest absolute Gasteiger partial charge is 0.325 e. The fraction of sp³-hybridized carbons (Fsp3) is 0.417. The summed E-state index contributed by atoms with van der Waals surface area (Å²) >= 11 is 0. The molecule has 2 N–H and O–H groups in total. The Morgan fingerprint density at radius 1 is 1.39 bits per heavy atom. The lowest BCUT2D eigenvalue weighted by atomic mass is 9.90. The van der Waals surface area contributed by atoms with Gasteiger partial charge in [0.1, 0.15) is 5.82 Å². The Kier molecular flexibility index (Phi) is 3.38. The number of hydrogen-bond donors (Lipinski definition) is 1. The first-order valence-corrected chi connectivity index (χ1v) is 5.71. The minimum Gasteiger partial charge on any atom is -0.325 e. The third kappa shape index (κ3) is 3.33. The van der Waals surface area contributed by atoms with Crippen molar-refractivity contribution in [1.82, 2.24) is 20.2 Å². The van der Waals surface area contributed by atoms with Gasteiger partial charge in [0.15, 0.2) is 5.82 Å². The Labute approximate surface area is 105 Å². The average Bonchev–Trinajstić information content (AvgIpc) is 2.62. The summed E-state index contributed by atoms with van der Waals surface area (Å²) in [7, 11) is 1.71. The summed E-state index contributed by atoms with van der Waals surface area (Å²) in [6.07, 6.45) is 1.06. The van der Waals surface area contributed by atoms with Crippen LogP contribution in [-0.4, -0.2) is 25.7 Å². The minimum absolute atomic E-state index is 0.249. The van der Waals surface area contributed by atoms with Gasteiger partial charge < -0.3 is 5.73 Å². The molecule has 2 aromatic rings. The molecule has 1 atom stereocenters. The standard InChI is InChI=1S/C12H16FN5/c1-12(14,8-11-15-17-18(2)16-11)7-9-4-3-5-10(13)6-9/h3-6H,7-8,14H2,1-2H3. The first-order chi connectivity index (χ1) is 8.44. The Morgan fingerprint density at radius 2 is 2.17 bits per heavy atom. The fourth-order valence-corrected chi connectivity index (χ4v) is 1.93. The highest BCUT2D eigenvalue weighted by Crippen LogP contribution is 2.15. The van der Waals surface area contributed by atoms with Crippen LogP contribution in [0.15, 0.2) is 24.3 Å². The smallest absolute Gasteiger partial charge is 0.176 e. The number of benzene rings is 1. The Balaban J connectivity index is 2.07. The molecule has 5 nitrogen and oxygen atoms in total. The van der Waals surface area contributed by atoms with E-state index in [1.807, 2.05) is 13.0 Å². The van der Waals surface area contributed by atoms with Gasteiger partial charge in [-0.15, -0.1) is 10.2 Å². The van der Waals surface area contributed by atoms with Crippen molar-refractivity contribution < 1.29 is 4.39 Å². The molecule has 0 aliphatic heterocycles. The Morgan fingerprint density at radius 3 is 2.78 bits per heavy atom. The molecule has 0 amide bonds. The van der Waals surface area contributed by atoms with Gasteiger partial charge in [-0.25, -0.2) is 4.39 Å². The van der Waals surface area contributed by atoms with E-state index in [1.165, 1.54) is 16.9 Å². The molecule has 96 valence electrons. The number of rotatable bonds is 4. The van der Waals surface area contributed by atoms with Gasteiger partial charge in [0.25, 0.3) is 0 Å². The lowest BCUT2D eigenvalue weighted by Crippen LogP contribution is -2.41. The van der Waals surface area contributed by atoms with Gasteiger partial charge in [0.05, 0.1) is 7.05 Å². The number of halogens is 1. The normalized spacial score (nSPS) is 14.4. The van der Waals surface area contributed by atoms with Crippen LogP contribution in [-0.2, 0) is 19.9 Å². The Bertz CT molecular complexity index is 535. The lowest BCUT2D eigenvalue weighted by Gasteiger charge is -2.23. The van der Waals surface area contributed by atoms with Gasteiger partial charge in [-0.1, -0.05) is 12.1 Å². The number of nitrogens with two attached hydrogens (primary N) is 1. The number of aromatic nitrogens is 4. The van der Waals surface area contributed by atoms with E-state index >= 15 is 0 Å². The van der Waals surface area contributed by atoms with Gasteiger partial charge in [-0.2, -0.15) is 4.80 Å². The van der Waals surface area contributed by atoms with Crippen molar-refractivity contribution in [1.29, 1.82) is 0 Å². The number of tetrazole rings is 1. The molecule has 1 aromatic carbocycles. The molecular weight excluding hydrogens is 233 g/mol. The molecule has 0 radical (unpaired) electrons. The maximum atomic E-state index is 13.1. The summed E-state index contributed by atoms with van der Waals surface area (Å²) in [6, 6.07) is 6.45. The van der Waals surface area contributed by atoms with E-state index in [0.29, 0.717) is 18.7 Å². The van der Waals surface area contributed by atoms with Crippen LogP contribution in [0.25, 0.3) is 0 Å². The molecule has 18 heavy (non-hydrogen) atoms. The summed E-state index contributed by atoms with van der Waals surface area (Å²) in [5.74, 6) is 0.347. The van der Waals surface area contributed by atoms with E-state index in [1.54, 1.807) is 13.1 Å². The van der Waals surface area contributed by atoms with Crippen LogP contribution in [0.2, 0.25) is 0 Å². The van der Waals surface area contributed by atoms with Gasteiger partial charge in [0, 0.05) is 12.0 Å². The van der Waals surface area contributed by atoms with Crippen molar-refractivity contribution in [3.8, 4) is 0 Å². The molecule has 1 aromatic heterocycles. The van der Waals surface area contributed by atoms with Crippen molar-refractivity contribution in [2.24, 2.45) is 12.8 Å². The summed E-state index contributed by atoms with van der Waals surface area (Å²) in [5.41, 5.74) is 6.53. The van der Waals surface area contributed by atoms with Crippen LogP contribution in [0.3, 0.4) is 0 Å². The summed E-state index contributed by atoms with van der Waals surface area (Å²) < 4.78 is 13.1. The highest BCUT2D eigenvalue weighted by Gasteiger charge is 2.22. The second-order valence-corrected chi connectivity index (χ2v) is 4.83. The van der Waals surface area contributed by atoms with Crippen molar-refractivity contribution in [2.75, 3.05) is 0 Å². The van der Waals surface area contributed by atoms with Gasteiger partial charge >= 0.3 is 0 Å². The molecule has 0 bridgehead atoms. The molecule has 1 heterocycles. The van der Waals surface area contributed by atoms with E-state index in [2.05, 4.69) is 15.4 Å².